The molecule has 0 radical (unpaired) electrons. The van der Waals surface area contributed by atoms with Crippen LogP contribution in [0.5, 0.6) is 0 Å². The number of carbonyl (C=O) groups is 1. The molecule has 5 nitrogen and oxygen atoms in total. The van der Waals surface area contributed by atoms with Crippen LogP contribution in [0.2, 0.25) is 0 Å². The second kappa shape index (κ2) is 7.13. The standard InChI is InChI=1S/C18H26N4O/c1-3-22(4-2)17(23)13-21-11-9-14(10-12-21)18-19-15-7-5-6-8-16(15)20-18/h5-8,14H,3-4,9-13H2,1-2H3,(H,19,20). The molecule has 3 rings (SSSR count). The number of hydrogen-bond donors (Lipinski definition) is 1. The molecule has 1 aliphatic heterocycles. The highest BCUT2D eigenvalue weighted by Gasteiger charge is 2.25. The topological polar surface area (TPSA) is 52.2 Å². The number of fused-ring (bicyclic) bond motifs is 1. The highest BCUT2D eigenvalue weighted by atomic mass is 16.2. The van der Waals surface area contributed by atoms with E-state index in [0.29, 0.717) is 12.5 Å². The first kappa shape index (κ1) is 16.0. The van der Waals surface area contributed by atoms with Gasteiger partial charge in [0, 0.05) is 19.0 Å². The number of likely N-dealkylation sites (tertiary alicyclic amines) is 1. The van der Waals surface area contributed by atoms with Gasteiger partial charge in [-0.3, -0.25) is 9.69 Å². The second-order valence-corrected chi connectivity index (χ2v) is 6.26. The molecule has 124 valence electrons. The first-order valence-corrected chi connectivity index (χ1v) is 8.66. The lowest BCUT2D eigenvalue weighted by Gasteiger charge is -2.32. The molecule has 23 heavy (non-hydrogen) atoms. The van der Waals surface area contributed by atoms with E-state index in [2.05, 4.69) is 16.0 Å². The van der Waals surface area contributed by atoms with Gasteiger partial charge in [0.1, 0.15) is 5.82 Å². The molecule has 1 aromatic carbocycles. The fourth-order valence-corrected chi connectivity index (χ4v) is 3.40. The van der Waals surface area contributed by atoms with Crippen LogP contribution < -0.4 is 0 Å². The number of para-hydroxylation sites is 2. The molecule has 2 heterocycles. The van der Waals surface area contributed by atoms with Gasteiger partial charge >= 0.3 is 0 Å². The zero-order valence-corrected chi connectivity index (χ0v) is 14.1. The molecule has 1 N–H and O–H groups in total. The average Bonchev–Trinajstić information content (AvgIpc) is 3.00. The molecule has 1 aliphatic rings. The van der Waals surface area contributed by atoms with Gasteiger partial charge in [0.2, 0.25) is 5.91 Å². The van der Waals surface area contributed by atoms with Gasteiger partial charge in [0.05, 0.1) is 17.6 Å². The van der Waals surface area contributed by atoms with Crippen LogP contribution in [-0.4, -0.2) is 58.4 Å². The molecule has 1 saturated heterocycles. The molecule has 0 unspecified atom stereocenters. The molecule has 0 bridgehead atoms. The van der Waals surface area contributed by atoms with Crippen molar-refractivity contribution in [1.29, 1.82) is 0 Å². The Balaban J connectivity index is 1.57. The summed E-state index contributed by atoms with van der Waals surface area (Å²) in [5.74, 6) is 1.82. The van der Waals surface area contributed by atoms with Crippen molar-refractivity contribution in [3.8, 4) is 0 Å². The van der Waals surface area contributed by atoms with Gasteiger partial charge in [-0.1, -0.05) is 12.1 Å². The van der Waals surface area contributed by atoms with Gasteiger partial charge in [0.15, 0.2) is 0 Å². The van der Waals surface area contributed by atoms with Crippen LogP contribution in [0.1, 0.15) is 38.4 Å². The minimum Gasteiger partial charge on any atom is -0.342 e. The Morgan fingerprint density at radius 3 is 2.61 bits per heavy atom. The highest BCUT2D eigenvalue weighted by Crippen LogP contribution is 2.27. The van der Waals surface area contributed by atoms with Crippen molar-refractivity contribution in [3.05, 3.63) is 30.1 Å². The Morgan fingerprint density at radius 2 is 1.96 bits per heavy atom. The van der Waals surface area contributed by atoms with Crippen LogP contribution in [0.25, 0.3) is 11.0 Å². The summed E-state index contributed by atoms with van der Waals surface area (Å²) in [5.41, 5.74) is 2.16. The third-order valence-electron chi connectivity index (χ3n) is 4.86. The summed E-state index contributed by atoms with van der Waals surface area (Å²) >= 11 is 0. The lowest BCUT2D eigenvalue weighted by molar-refractivity contribution is -0.132. The molecule has 0 atom stereocenters. The monoisotopic (exact) mass is 314 g/mol. The van der Waals surface area contributed by atoms with E-state index in [1.807, 2.05) is 36.9 Å². The summed E-state index contributed by atoms with van der Waals surface area (Å²) in [6, 6.07) is 8.18. The quantitative estimate of drug-likeness (QED) is 0.923. The summed E-state index contributed by atoms with van der Waals surface area (Å²) in [6.45, 7) is 8.15. The van der Waals surface area contributed by atoms with Crippen molar-refractivity contribution in [1.82, 2.24) is 19.8 Å². The van der Waals surface area contributed by atoms with E-state index in [4.69, 9.17) is 4.98 Å². The van der Waals surface area contributed by atoms with Crippen molar-refractivity contribution >= 4 is 16.9 Å². The number of benzene rings is 1. The van der Waals surface area contributed by atoms with Crippen LogP contribution in [0.15, 0.2) is 24.3 Å². The lowest BCUT2D eigenvalue weighted by Crippen LogP contribution is -2.43. The lowest BCUT2D eigenvalue weighted by atomic mass is 9.96. The highest BCUT2D eigenvalue weighted by molar-refractivity contribution is 5.78. The van der Waals surface area contributed by atoms with E-state index in [1.54, 1.807) is 0 Å². The van der Waals surface area contributed by atoms with Crippen LogP contribution in [-0.2, 0) is 4.79 Å². The summed E-state index contributed by atoms with van der Waals surface area (Å²) in [4.78, 5) is 24.6. The van der Waals surface area contributed by atoms with Gasteiger partial charge in [-0.25, -0.2) is 4.98 Å². The molecule has 0 saturated carbocycles. The number of aromatic amines is 1. The van der Waals surface area contributed by atoms with E-state index < -0.39 is 0 Å². The van der Waals surface area contributed by atoms with E-state index in [0.717, 1.165) is 55.9 Å². The number of likely N-dealkylation sites (N-methyl/N-ethyl adjacent to an activating group) is 1. The van der Waals surface area contributed by atoms with Crippen molar-refractivity contribution in [2.24, 2.45) is 0 Å². The van der Waals surface area contributed by atoms with Crippen molar-refractivity contribution in [3.63, 3.8) is 0 Å². The molecule has 1 fully saturated rings. The predicted octanol–water partition coefficient (Wildman–Crippen LogP) is 2.61. The first-order valence-electron chi connectivity index (χ1n) is 8.66. The minimum absolute atomic E-state index is 0.247. The van der Waals surface area contributed by atoms with E-state index in [1.165, 1.54) is 0 Å². The maximum absolute atomic E-state index is 12.2. The van der Waals surface area contributed by atoms with Crippen LogP contribution in [0.4, 0.5) is 0 Å². The molecule has 2 aromatic rings. The summed E-state index contributed by atoms with van der Waals surface area (Å²) in [6.07, 6.45) is 2.12. The van der Waals surface area contributed by atoms with Crippen LogP contribution in [0, 0.1) is 0 Å². The number of nitrogens with zero attached hydrogens (tertiary/aromatic N) is 3. The smallest absolute Gasteiger partial charge is 0.236 e. The third kappa shape index (κ3) is 3.55. The van der Waals surface area contributed by atoms with Crippen LogP contribution >= 0.6 is 0 Å². The molecule has 0 spiro atoms. The summed E-state index contributed by atoms with van der Waals surface area (Å²) in [7, 11) is 0. The minimum atomic E-state index is 0.247. The van der Waals surface area contributed by atoms with Gasteiger partial charge < -0.3 is 9.88 Å². The second-order valence-electron chi connectivity index (χ2n) is 6.26. The van der Waals surface area contributed by atoms with E-state index in [9.17, 15) is 4.79 Å². The van der Waals surface area contributed by atoms with E-state index in [-0.39, 0.29) is 5.91 Å². The number of nitrogens with one attached hydrogen (secondary N) is 1. The molecular formula is C18H26N4O. The maximum atomic E-state index is 12.2. The van der Waals surface area contributed by atoms with Crippen molar-refractivity contribution < 1.29 is 4.79 Å². The Hall–Kier alpha value is -1.88. The summed E-state index contributed by atoms with van der Waals surface area (Å²) in [5, 5.41) is 0. The van der Waals surface area contributed by atoms with E-state index >= 15 is 0 Å². The fourth-order valence-electron chi connectivity index (χ4n) is 3.40. The number of carbonyl (C=O) groups excluding carboxylic acids is 1. The predicted molar refractivity (Wildman–Crippen MR) is 92.4 cm³/mol. The van der Waals surface area contributed by atoms with Crippen molar-refractivity contribution in [2.75, 3.05) is 32.7 Å². The number of aromatic nitrogens is 2. The molecule has 5 heteroatoms. The average molecular weight is 314 g/mol. The Bertz CT molecular complexity index is 621. The molecule has 1 aromatic heterocycles. The molecular weight excluding hydrogens is 288 g/mol. The Kier molecular flexibility index (Phi) is 4.96. The van der Waals surface area contributed by atoms with Gasteiger partial charge in [-0.15, -0.1) is 0 Å². The Morgan fingerprint density at radius 1 is 1.26 bits per heavy atom. The first-order chi connectivity index (χ1) is 11.2. The largest absolute Gasteiger partial charge is 0.342 e. The number of rotatable bonds is 5. The fraction of sp³-hybridized carbons (Fsp3) is 0.556. The van der Waals surface area contributed by atoms with Gasteiger partial charge in [-0.2, -0.15) is 0 Å². The zero-order chi connectivity index (χ0) is 16.2. The number of hydrogen-bond acceptors (Lipinski definition) is 3. The third-order valence-corrected chi connectivity index (χ3v) is 4.86. The number of H-pyrrole nitrogens is 1. The maximum Gasteiger partial charge on any atom is 0.236 e. The Labute approximate surface area is 137 Å². The number of imidazole rings is 1. The summed E-state index contributed by atoms with van der Waals surface area (Å²) < 4.78 is 0. The van der Waals surface area contributed by atoms with Gasteiger partial charge in [0.25, 0.3) is 0 Å². The number of piperidine rings is 1. The molecule has 1 amide bonds. The number of amides is 1. The van der Waals surface area contributed by atoms with Crippen LogP contribution in [0.3, 0.4) is 0 Å². The molecule has 0 aliphatic carbocycles. The van der Waals surface area contributed by atoms with Crippen molar-refractivity contribution in [2.45, 2.75) is 32.6 Å². The SMILES string of the molecule is CCN(CC)C(=O)CN1CCC(c2nc3ccccc3[nH]2)CC1. The van der Waals surface area contributed by atoms with Gasteiger partial charge in [-0.05, 0) is 51.9 Å². The zero-order valence-electron chi connectivity index (χ0n) is 14.1. The normalized spacial score (nSPS) is 16.8.